The topological polar surface area (TPSA) is 69.5 Å². The summed E-state index contributed by atoms with van der Waals surface area (Å²) in [5.41, 5.74) is 0.527. The van der Waals surface area contributed by atoms with E-state index in [0.29, 0.717) is 39.6 Å². The van der Waals surface area contributed by atoms with Crippen molar-refractivity contribution in [3.8, 4) is 10.7 Å². The molecular formula is C28H37F4N7OS. The number of amides is 1. The van der Waals surface area contributed by atoms with E-state index in [1.165, 1.54) is 4.57 Å². The van der Waals surface area contributed by atoms with Crippen molar-refractivity contribution >= 4 is 33.8 Å². The molecule has 5 rings (SSSR count). The van der Waals surface area contributed by atoms with Gasteiger partial charge in [0, 0.05) is 37.1 Å². The first-order valence-corrected chi connectivity index (χ1v) is 14.7. The van der Waals surface area contributed by atoms with Gasteiger partial charge in [0.2, 0.25) is 5.91 Å². The highest BCUT2D eigenvalue weighted by molar-refractivity contribution is 7.14. The van der Waals surface area contributed by atoms with Crippen molar-refractivity contribution < 1.29 is 22.4 Å². The smallest absolute Gasteiger partial charge is 0.366 e. The Bertz CT molecular complexity index is 1380. The van der Waals surface area contributed by atoms with E-state index in [0.717, 1.165) is 43.8 Å². The Morgan fingerprint density at radius 3 is 2.59 bits per heavy atom. The van der Waals surface area contributed by atoms with Crippen LogP contribution in [0.3, 0.4) is 0 Å². The van der Waals surface area contributed by atoms with E-state index in [2.05, 4.69) is 20.4 Å². The molecule has 224 valence electrons. The molecule has 2 fully saturated rings. The zero-order valence-electron chi connectivity index (χ0n) is 23.8. The van der Waals surface area contributed by atoms with Gasteiger partial charge in [-0.05, 0) is 71.6 Å². The molecule has 0 saturated carbocycles. The first-order valence-electron chi connectivity index (χ1n) is 13.9. The van der Waals surface area contributed by atoms with Gasteiger partial charge < -0.3 is 24.6 Å². The molecule has 1 aromatic carbocycles. The molecule has 0 aliphatic carbocycles. The number of alkyl halides is 4. The number of hydrogen-bond acceptors (Lipinski definition) is 7. The summed E-state index contributed by atoms with van der Waals surface area (Å²) >= 11 is 1.16. The normalized spacial score (nSPS) is 23.3. The first kappa shape index (κ1) is 29.7. The van der Waals surface area contributed by atoms with E-state index in [1.54, 1.807) is 18.2 Å². The molecule has 2 aliphatic heterocycles. The molecule has 0 bridgehead atoms. The third kappa shape index (κ3) is 6.21. The lowest BCUT2D eigenvalue weighted by Gasteiger charge is -2.47. The van der Waals surface area contributed by atoms with Crippen LogP contribution in [0.1, 0.15) is 31.2 Å². The van der Waals surface area contributed by atoms with E-state index < -0.39 is 24.4 Å². The standard InChI is InChI=1S/C28H37F4N7OS/c1-27(10-13-37(3)16-23(27)29)38(4)20-6-5-7-21-19(20)14-22(39(21)17-28(30,31)32)26-35-34-24(41-26)15-33-25(40)18-8-11-36(2)12-9-18/h5-7,14,18,23H,8-13,15-17H2,1-4H3,(H,33,40)/t23-,27+/m0/s1. The number of nitrogens with zero attached hydrogens (tertiary/aromatic N) is 6. The number of piperidine rings is 2. The maximum absolute atomic E-state index is 15.4. The van der Waals surface area contributed by atoms with Crippen molar-refractivity contribution in [3.63, 3.8) is 0 Å². The molecule has 8 nitrogen and oxygen atoms in total. The van der Waals surface area contributed by atoms with E-state index in [1.807, 2.05) is 43.9 Å². The highest BCUT2D eigenvalue weighted by atomic mass is 32.1. The molecule has 2 aliphatic rings. The van der Waals surface area contributed by atoms with Crippen molar-refractivity contribution in [2.24, 2.45) is 5.92 Å². The number of carbonyl (C=O) groups is 1. The van der Waals surface area contributed by atoms with Crippen molar-refractivity contribution in [3.05, 3.63) is 29.3 Å². The summed E-state index contributed by atoms with van der Waals surface area (Å²) in [5, 5.41) is 12.7. The number of carbonyl (C=O) groups excluding carboxylic acids is 1. The first-order chi connectivity index (χ1) is 19.4. The highest BCUT2D eigenvalue weighted by Gasteiger charge is 2.43. The number of anilines is 1. The monoisotopic (exact) mass is 595 g/mol. The van der Waals surface area contributed by atoms with Gasteiger partial charge in [-0.25, -0.2) is 4.39 Å². The molecule has 0 spiro atoms. The van der Waals surface area contributed by atoms with Crippen LogP contribution in [0.4, 0.5) is 23.2 Å². The zero-order chi connectivity index (χ0) is 29.5. The van der Waals surface area contributed by atoms with Crippen LogP contribution in [-0.2, 0) is 17.9 Å². The molecule has 2 aromatic heterocycles. The van der Waals surface area contributed by atoms with E-state index in [-0.39, 0.29) is 24.1 Å². The predicted molar refractivity (Wildman–Crippen MR) is 153 cm³/mol. The molecule has 0 unspecified atom stereocenters. The number of halogens is 4. The van der Waals surface area contributed by atoms with Crippen LogP contribution in [0.15, 0.2) is 24.3 Å². The SMILES string of the molecule is CN1CCC(C(=O)NCc2nnc(-c3cc4c(N(C)[C@]5(C)CCN(C)C[C@@H]5F)cccc4n3CC(F)(F)F)s2)CC1. The summed E-state index contributed by atoms with van der Waals surface area (Å²) in [5.74, 6) is -0.0963. The summed E-state index contributed by atoms with van der Waals surface area (Å²) in [6.07, 6.45) is -3.44. The quantitative estimate of drug-likeness (QED) is 0.405. The number of likely N-dealkylation sites (tertiary alicyclic amines) is 2. The van der Waals surface area contributed by atoms with Crippen LogP contribution in [0.5, 0.6) is 0 Å². The van der Waals surface area contributed by atoms with Gasteiger partial charge in [0.1, 0.15) is 17.7 Å². The fraction of sp³-hybridized carbons (Fsp3) is 0.607. The van der Waals surface area contributed by atoms with Crippen LogP contribution < -0.4 is 10.2 Å². The van der Waals surface area contributed by atoms with Crippen LogP contribution >= 0.6 is 11.3 Å². The third-order valence-corrected chi connectivity index (χ3v) is 9.67. The summed E-state index contributed by atoms with van der Waals surface area (Å²) < 4.78 is 57.9. The Morgan fingerprint density at radius 2 is 1.90 bits per heavy atom. The van der Waals surface area contributed by atoms with Crippen molar-refractivity contribution in [1.82, 2.24) is 29.9 Å². The lowest BCUT2D eigenvalue weighted by atomic mass is 9.85. The Kier molecular flexibility index (Phi) is 8.32. The van der Waals surface area contributed by atoms with Crippen LogP contribution in [0.25, 0.3) is 21.6 Å². The van der Waals surface area contributed by atoms with Crippen LogP contribution in [0.2, 0.25) is 0 Å². The van der Waals surface area contributed by atoms with Gasteiger partial charge in [0.25, 0.3) is 0 Å². The summed E-state index contributed by atoms with van der Waals surface area (Å²) in [7, 11) is 5.72. The van der Waals surface area contributed by atoms with Gasteiger partial charge in [0.05, 0.1) is 23.3 Å². The van der Waals surface area contributed by atoms with E-state index in [9.17, 15) is 18.0 Å². The van der Waals surface area contributed by atoms with Crippen LogP contribution in [-0.4, -0.2) is 95.7 Å². The number of benzene rings is 1. The lowest BCUT2D eigenvalue weighted by molar-refractivity contribution is -0.139. The Morgan fingerprint density at radius 1 is 1.17 bits per heavy atom. The molecule has 3 aromatic rings. The van der Waals surface area contributed by atoms with E-state index >= 15 is 4.39 Å². The third-order valence-electron chi connectivity index (χ3n) is 8.72. The van der Waals surface area contributed by atoms with Gasteiger partial charge in [-0.2, -0.15) is 13.2 Å². The second-order valence-electron chi connectivity index (χ2n) is 11.6. The highest BCUT2D eigenvalue weighted by Crippen LogP contribution is 2.41. The van der Waals surface area contributed by atoms with Crippen LogP contribution in [0, 0.1) is 5.92 Å². The fourth-order valence-electron chi connectivity index (χ4n) is 5.88. The number of aromatic nitrogens is 3. The average Bonchev–Trinajstić information content (AvgIpc) is 3.53. The molecule has 41 heavy (non-hydrogen) atoms. The number of nitrogens with one attached hydrogen (secondary N) is 1. The Labute approximate surface area is 241 Å². The fourth-order valence-corrected chi connectivity index (χ4v) is 6.69. The Hall–Kier alpha value is -2.77. The van der Waals surface area contributed by atoms with Gasteiger partial charge in [-0.15, -0.1) is 10.2 Å². The average molecular weight is 596 g/mol. The molecule has 13 heteroatoms. The molecular weight excluding hydrogens is 558 g/mol. The minimum atomic E-state index is -4.47. The zero-order valence-corrected chi connectivity index (χ0v) is 24.7. The molecule has 0 radical (unpaired) electrons. The number of fused-ring (bicyclic) bond motifs is 1. The molecule has 1 N–H and O–H groups in total. The van der Waals surface area contributed by atoms with Gasteiger partial charge in [-0.3, -0.25) is 4.79 Å². The number of hydrogen-bond donors (Lipinski definition) is 1. The summed E-state index contributed by atoms with van der Waals surface area (Å²) in [4.78, 5) is 18.7. The summed E-state index contributed by atoms with van der Waals surface area (Å²) in [6.45, 7) is 3.58. The summed E-state index contributed by atoms with van der Waals surface area (Å²) in [6, 6.07) is 6.88. The van der Waals surface area contributed by atoms with Crippen molar-refractivity contribution in [1.29, 1.82) is 0 Å². The van der Waals surface area contributed by atoms with Gasteiger partial charge in [-0.1, -0.05) is 17.4 Å². The second kappa shape index (κ2) is 11.5. The predicted octanol–water partition coefficient (Wildman–Crippen LogP) is 4.55. The maximum atomic E-state index is 15.4. The van der Waals surface area contributed by atoms with Crippen molar-refractivity contribution in [2.45, 2.75) is 57.2 Å². The molecule has 2 atom stereocenters. The molecule has 2 saturated heterocycles. The minimum absolute atomic E-state index is 0.0396. The lowest BCUT2D eigenvalue weighted by Crippen LogP contribution is -2.59. The molecule has 1 amide bonds. The van der Waals surface area contributed by atoms with Gasteiger partial charge >= 0.3 is 6.18 Å². The second-order valence-corrected chi connectivity index (χ2v) is 12.7. The van der Waals surface area contributed by atoms with Gasteiger partial charge in [0.15, 0.2) is 5.01 Å². The Balaban J connectivity index is 1.44. The largest absolute Gasteiger partial charge is 0.406 e. The number of rotatable bonds is 7. The minimum Gasteiger partial charge on any atom is -0.366 e. The van der Waals surface area contributed by atoms with E-state index in [4.69, 9.17) is 0 Å². The molecule has 4 heterocycles. The van der Waals surface area contributed by atoms with Crippen molar-refractivity contribution in [2.75, 3.05) is 52.2 Å². The maximum Gasteiger partial charge on any atom is 0.406 e.